The molecule has 1 heterocycles. The van der Waals surface area contributed by atoms with E-state index in [1.165, 1.54) is 6.07 Å². The first-order valence-electron chi connectivity index (χ1n) is 7.24. The van der Waals surface area contributed by atoms with Gasteiger partial charge in [0.1, 0.15) is 15.8 Å². The Bertz CT molecular complexity index is 575. The zero-order valence-electron chi connectivity index (χ0n) is 12.8. The minimum atomic E-state index is -0.177. The summed E-state index contributed by atoms with van der Waals surface area (Å²) in [6.07, 6.45) is 2.47. The normalized spacial score (nSPS) is 11.8. The van der Waals surface area contributed by atoms with Crippen LogP contribution in [0, 0.1) is 5.82 Å². The van der Waals surface area contributed by atoms with E-state index in [1.807, 2.05) is 6.07 Å². The number of nitrogens with zero attached hydrogens (tertiary/aromatic N) is 2. The summed E-state index contributed by atoms with van der Waals surface area (Å²) < 4.78 is 13.6. The average Bonchev–Trinajstić information content (AvgIpc) is 2.84. The lowest BCUT2D eigenvalue weighted by molar-refractivity contribution is 0.422. The van der Waals surface area contributed by atoms with Crippen LogP contribution in [-0.2, 0) is 12.8 Å². The summed E-state index contributed by atoms with van der Waals surface area (Å²) in [4.78, 5) is 0. The van der Waals surface area contributed by atoms with Crippen molar-refractivity contribution in [3.8, 4) is 0 Å². The van der Waals surface area contributed by atoms with Gasteiger partial charge in [0.2, 0.25) is 0 Å². The SMILES string of the molecule is CC(C)(C)NCCCc1nnc(Cc2ccccc2F)s1. The first-order valence-corrected chi connectivity index (χ1v) is 8.05. The second-order valence-electron chi connectivity index (χ2n) is 6.14. The molecule has 5 heteroatoms. The number of hydrogen-bond acceptors (Lipinski definition) is 4. The molecule has 1 aromatic heterocycles. The van der Waals surface area contributed by atoms with Crippen LogP contribution in [0.25, 0.3) is 0 Å². The maximum atomic E-state index is 13.6. The first kappa shape index (κ1) is 16.0. The zero-order valence-corrected chi connectivity index (χ0v) is 13.6. The topological polar surface area (TPSA) is 37.8 Å². The van der Waals surface area contributed by atoms with Crippen LogP contribution in [-0.4, -0.2) is 22.3 Å². The van der Waals surface area contributed by atoms with Gasteiger partial charge in [0.05, 0.1) is 0 Å². The van der Waals surface area contributed by atoms with E-state index in [0.717, 1.165) is 29.4 Å². The van der Waals surface area contributed by atoms with Gasteiger partial charge in [-0.1, -0.05) is 18.2 Å². The Morgan fingerprint density at radius 3 is 2.57 bits per heavy atom. The quantitative estimate of drug-likeness (QED) is 0.829. The summed E-state index contributed by atoms with van der Waals surface area (Å²) in [7, 11) is 0. The second kappa shape index (κ2) is 7.09. The van der Waals surface area contributed by atoms with Crippen LogP contribution in [0.3, 0.4) is 0 Å². The molecule has 114 valence electrons. The highest BCUT2D eigenvalue weighted by molar-refractivity contribution is 7.11. The molecule has 3 nitrogen and oxygen atoms in total. The van der Waals surface area contributed by atoms with Crippen LogP contribution in [0.2, 0.25) is 0 Å². The summed E-state index contributed by atoms with van der Waals surface area (Å²) in [5.74, 6) is -0.177. The van der Waals surface area contributed by atoms with Gasteiger partial charge in [-0.25, -0.2) is 4.39 Å². The third kappa shape index (κ3) is 5.52. The maximum Gasteiger partial charge on any atom is 0.126 e. The molecule has 21 heavy (non-hydrogen) atoms. The fourth-order valence-corrected chi connectivity index (χ4v) is 2.88. The number of aromatic nitrogens is 2. The Morgan fingerprint density at radius 1 is 1.14 bits per heavy atom. The van der Waals surface area contributed by atoms with E-state index in [1.54, 1.807) is 23.5 Å². The van der Waals surface area contributed by atoms with Crippen molar-refractivity contribution in [2.24, 2.45) is 0 Å². The van der Waals surface area contributed by atoms with Gasteiger partial charge in [-0.15, -0.1) is 21.5 Å². The molecule has 0 aliphatic heterocycles. The predicted octanol–water partition coefficient (Wildman–Crippen LogP) is 3.59. The molecule has 0 atom stereocenters. The van der Waals surface area contributed by atoms with Crippen molar-refractivity contribution in [3.05, 3.63) is 45.7 Å². The monoisotopic (exact) mass is 307 g/mol. The first-order chi connectivity index (χ1) is 9.94. The number of rotatable bonds is 6. The van der Waals surface area contributed by atoms with E-state index < -0.39 is 0 Å². The maximum absolute atomic E-state index is 13.6. The van der Waals surface area contributed by atoms with E-state index in [9.17, 15) is 4.39 Å². The third-order valence-electron chi connectivity index (χ3n) is 3.03. The molecule has 0 radical (unpaired) electrons. The lowest BCUT2D eigenvalue weighted by Gasteiger charge is -2.20. The number of aryl methyl sites for hydroxylation is 1. The van der Waals surface area contributed by atoms with Gasteiger partial charge in [0.25, 0.3) is 0 Å². The van der Waals surface area contributed by atoms with Crippen LogP contribution < -0.4 is 5.32 Å². The Morgan fingerprint density at radius 2 is 1.86 bits per heavy atom. The van der Waals surface area contributed by atoms with Crippen LogP contribution in [0.15, 0.2) is 24.3 Å². The molecule has 0 unspecified atom stereocenters. The number of nitrogens with one attached hydrogen (secondary N) is 1. The fraction of sp³-hybridized carbons (Fsp3) is 0.500. The van der Waals surface area contributed by atoms with E-state index in [2.05, 4.69) is 36.3 Å². The molecule has 2 rings (SSSR count). The van der Waals surface area contributed by atoms with Gasteiger partial charge in [0.15, 0.2) is 0 Å². The summed E-state index contributed by atoms with van der Waals surface area (Å²) in [5, 5.41) is 13.7. The lowest BCUT2D eigenvalue weighted by Crippen LogP contribution is -2.36. The number of hydrogen-bond donors (Lipinski definition) is 1. The van der Waals surface area contributed by atoms with Gasteiger partial charge in [-0.2, -0.15) is 0 Å². The van der Waals surface area contributed by atoms with Gasteiger partial charge in [0, 0.05) is 18.4 Å². The lowest BCUT2D eigenvalue weighted by atomic mass is 10.1. The molecule has 0 fully saturated rings. The fourth-order valence-electron chi connectivity index (χ4n) is 1.97. The molecule has 1 aromatic carbocycles. The highest BCUT2D eigenvalue weighted by Crippen LogP contribution is 2.17. The summed E-state index contributed by atoms with van der Waals surface area (Å²) in [6, 6.07) is 6.82. The van der Waals surface area contributed by atoms with Gasteiger partial charge in [-0.3, -0.25) is 0 Å². The molecule has 0 spiro atoms. The van der Waals surface area contributed by atoms with Crippen molar-refractivity contribution in [2.45, 2.75) is 45.6 Å². The molecule has 0 aliphatic rings. The highest BCUT2D eigenvalue weighted by Gasteiger charge is 2.10. The third-order valence-corrected chi connectivity index (χ3v) is 4.01. The van der Waals surface area contributed by atoms with Crippen molar-refractivity contribution in [3.63, 3.8) is 0 Å². The second-order valence-corrected chi connectivity index (χ2v) is 7.28. The molecule has 1 N–H and O–H groups in total. The van der Waals surface area contributed by atoms with E-state index in [4.69, 9.17) is 0 Å². The van der Waals surface area contributed by atoms with E-state index in [-0.39, 0.29) is 11.4 Å². The van der Waals surface area contributed by atoms with E-state index in [0.29, 0.717) is 12.0 Å². The largest absolute Gasteiger partial charge is 0.312 e. The average molecular weight is 307 g/mol. The molecule has 0 aliphatic carbocycles. The minimum Gasteiger partial charge on any atom is -0.312 e. The van der Waals surface area contributed by atoms with Crippen LogP contribution in [0.1, 0.15) is 42.8 Å². The van der Waals surface area contributed by atoms with Crippen LogP contribution in [0.4, 0.5) is 4.39 Å². The van der Waals surface area contributed by atoms with Crippen molar-refractivity contribution >= 4 is 11.3 Å². The number of benzene rings is 1. The summed E-state index contributed by atoms with van der Waals surface area (Å²) in [6.45, 7) is 7.44. The summed E-state index contributed by atoms with van der Waals surface area (Å²) in [5.41, 5.74) is 0.825. The standard InChI is InChI=1S/C16H22FN3S/c1-16(2,3)18-10-6-9-14-19-20-15(21-14)11-12-7-4-5-8-13(12)17/h4-5,7-8,18H,6,9-11H2,1-3H3. The minimum absolute atomic E-state index is 0.150. The molecule has 0 bridgehead atoms. The molecule has 0 amide bonds. The molecule has 0 saturated carbocycles. The zero-order chi connectivity index (χ0) is 15.3. The Labute approximate surface area is 129 Å². The molecular weight excluding hydrogens is 285 g/mol. The van der Waals surface area contributed by atoms with Crippen molar-refractivity contribution in [1.29, 1.82) is 0 Å². The molecular formula is C16H22FN3S. The van der Waals surface area contributed by atoms with Crippen molar-refractivity contribution in [2.75, 3.05) is 6.54 Å². The van der Waals surface area contributed by atoms with Crippen LogP contribution >= 0.6 is 11.3 Å². The van der Waals surface area contributed by atoms with Gasteiger partial charge >= 0.3 is 0 Å². The smallest absolute Gasteiger partial charge is 0.126 e. The Kier molecular flexibility index (Phi) is 5.42. The Balaban J connectivity index is 1.83. The van der Waals surface area contributed by atoms with Gasteiger partial charge in [-0.05, 0) is 45.4 Å². The number of halogens is 1. The van der Waals surface area contributed by atoms with E-state index >= 15 is 0 Å². The molecule has 2 aromatic rings. The Hall–Kier alpha value is -1.33. The highest BCUT2D eigenvalue weighted by atomic mass is 32.1. The van der Waals surface area contributed by atoms with Crippen LogP contribution in [0.5, 0.6) is 0 Å². The predicted molar refractivity (Wildman–Crippen MR) is 85.2 cm³/mol. The van der Waals surface area contributed by atoms with Gasteiger partial charge < -0.3 is 5.32 Å². The molecule has 0 saturated heterocycles. The summed E-state index contributed by atoms with van der Waals surface area (Å²) >= 11 is 1.58. The van der Waals surface area contributed by atoms with Crippen molar-refractivity contribution < 1.29 is 4.39 Å². The van der Waals surface area contributed by atoms with Crippen molar-refractivity contribution in [1.82, 2.24) is 15.5 Å².